The summed E-state index contributed by atoms with van der Waals surface area (Å²) < 4.78 is 0. The minimum Gasteiger partial charge on any atom is -0.264 e. The summed E-state index contributed by atoms with van der Waals surface area (Å²) in [5.41, 5.74) is 11.6. The summed E-state index contributed by atoms with van der Waals surface area (Å²) in [6, 6.07) is 43.3. The van der Waals surface area contributed by atoms with E-state index >= 15 is 0 Å². The molecule has 1 spiro atoms. The van der Waals surface area contributed by atoms with Gasteiger partial charge in [0.05, 0.1) is 0 Å². The Bertz CT molecular complexity index is 2120. The number of hydrogen-bond donors (Lipinski definition) is 0. The molecule has 0 saturated carbocycles. The first-order valence-electron chi connectivity index (χ1n) is 15.4. The molecule has 4 heterocycles. The Morgan fingerprint density at radius 1 is 0.568 bits per heavy atom. The number of pyridine rings is 2. The molecule has 3 aliphatic rings. The van der Waals surface area contributed by atoms with Gasteiger partial charge in [0.2, 0.25) is 0 Å². The SMILES string of the molecule is CC1(c2cccnc2)C=C(c2cccnc2)C=C(c2ccc3c(c2)-c2ccccc2[Si]32c3ccccc3-c3ccccc32)C1. The van der Waals surface area contributed by atoms with Crippen LogP contribution in [0.3, 0.4) is 0 Å². The number of rotatable bonds is 3. The number of allylic oxidation sites excluding steroid dienone is 4. The fourth-order valence-electron chi connectivity index (χ4n) is 8.14. The highest BCUT2D eigenvalue weighted by Crippen LogP contribution is 2.44. The van der Waals surface area contributed by atoms with Crippen molar-refractivity contribution in [2.45, 2.75) is 18.8 Å². The van der Waals surface area contributed by atoms with Crippen LogP contribution >= 0.6 is 0 Å². The van der Waals surface area contributed by atoms with Crippen molar-refractivity contribution in [3.63, 3.8) is 0 Å². The highest BCUT2D eigenvalue weighted by atomic mass is 28.3. The molecule has 2 aromatic heterocycles. The lowest BCUT2D eigenvalue weighted by Crippen LogP contribution is -2.70. The molecule has 1 atom stereocenters. The van der Waals surface area contributed by atoms with Crippen molar-refractivity contribution < 1.29 is 0 Å². The van der Waals surface area contributed by atoms with Crippen molar-refractivity contribution >= 4 is 40.0 Å². The van der Waals surface area contributed by atoms with Crippen molar-refractivity contribution in [1.82, 2.24) is 9.97 Å². The van der Waals surface area contributed by atoms with E-state index in [2.05, 4.69) is 132 Å². The minimum absolute atomic E-state index is 0.195. The van der Waals surface area contributed by atoms with Gasteiger partial charge < -0.3 is 0 Å². The number of benzene rings is 4. The monoisotopic (exact) mass is 578 g/mol. The molecule has 0 radical (unpaired) electrons. The molecule has 0 N–H and O–H groups in total. The van der Waals surface area contributed by atoms with Crippen LogP contribution in [0.2, 0.25) is 0 Å². The van der Waals surface area contributed by atoms with Gasteiger partial charge in [-0.2, -0.15) is 0 Å². The maximum Gasteiger partial charge on any atom is 0.182 e. The van der Waals surface area contributed by atoms with Gasteiger partial charge in [-0.3, -0.25) is 9.97 Å². The summed E-state index contributed by atoms with van der Waals surface area (Å²) in [6.45, 7) is 2.34. The summed E-state index contributed by atoms with van der Waals surface area (Å²) in [6.07, 6.45) is 13.4. The Hall–Kier alpha value is -5.12. The first kappa shape index (κ1) is 25.4. The Morgan fingerprint density at radius 2 is 1.16 bits per heavy atom. The molecule has 6 aromatic rings. The van der Waals surface area contributed by atoms with Crippen molar-refractivity contribution in [2.75, 3.05) is 0 Å². The van der Waals surface area contributed by atoms with E-state index in [0.29, 0.717) is 0 Å². The molecule has 44 heavy (non-hydrogen) atoms. The standard InChI is InChI=1S/C41H30N2Si/c1-41(32-11-9-21-43-27-32)24-30(22-31(25-41)29-10-8-20-42-26-29)28-18-19-40-36(23-28)35-14-4-7-17-39(35)44(40)37-15-5-2-12-33(37)34-13-3-6-16-38(34)44/h2-23,25-27H,24H2,1H3. The second kappa shape index (κ2) is 9.44. The third-order valence-electron chi connectivity index (χ3n) is 10.0. The van der Waals surface area contributed by atoms with Gasteiger partial charge in [0.25, 0.3) is 0 Å². The quantitative estimate of drug-likeness (QED) is 0.220. The number of hydrogen-bond acceptors (Lipinski definition) is 2. The van der Waals surface area contributed by atoms with E-state index in [1.54, 1.807) is 0 Å². The molecule has 0 bridgehead atoms. The number of fused-ring (bicyclic) bond motifs is 10. The second-order valence-electron chi connectivity index (χ2n) is 12.5. The molecule has 2 nitrogen and oxygen atoms in total. The van der Waals surface area contributed by atoms with Crippen LogP contribution in [0.25, 0.3) is 33.4 Å². The molecular formula is C41H30N2Si. The maximum absolute atomic E-state index is 4.49. The van der Waals surface area contributed by atoms with Crippen LogP contribution in [0, 0.1) is 0 Å². The van der Waals surface area contributed by atoms with Crippen LogP contribution < -0.4 is 20.7 Å². The highest BCUT2D eigenvalue weighted by molar-refractivity contribution is 7.24. The average molecular weight is 579 g/mol. The zero-order chi connectivity index (χ0) is 29.3. The molecule has 2 aliphatic heterocycles. The van der Waals surface area contributed by atoms with Gasteiger partial charge in [-0.25, -0.2) is 0 Å². The second-order valence-corrected chi connectivity index (χ2v) is 16.1. The Kier molecular flexibility index (Phi) is 5.44. The van der Waals surface area contributed by atoms with Crippen LogP contribution in [-0.2, 0) is 5.41 Å². The van der Waals surface area contributed by atoms with Gasteiger partial charge in [-0.1, -0.05) is 116 Å². The topological polar surface area (TPSA) is 25.8 Å². The molecule has 0 amide bonds. The minimum atomic E-state index is -2.42. The predicted molar refractivity (Wildman–Crippen MR) is 184 cm³/mol. The van der Waals surface area contributed by atoms with Gasteiger partial charge in [0, 0.05) is 30.2 Å². The summed E-state index contributed by atoms with van der Waals surface area (Å²) in [5, 5.41) is 6.05. The van der Waals surface area contributed by atoms with Crippen LogP contribution in [0.4, 0.5) is 0 Å². The zero-order valence-electron chi connectivity index (χ0n) is 24.5. The molecular weight excluding hydrogens is 549 g/mol. The lowest BCUT2D eigenvalue weighted by molar-refractivity contribution is 0.608. The summed E-state index contributed by atoms with van der Waals surface area (Å²) in [4.78, 5) is 8.94. The highest BCUT2D eigenvalue weighted by Gasteiger charge is 2.53. The summed E-state index contributed by atoms with van der Waals surface area (Å²) >= 11 is 0. The molecule has 3 heteroatoms. The van der Waals surface area contributed by atoms with E-state index in [1.807, 2.05) is 36.9 Å². The van der Waals surface area contributed by atoms with Crippen molar-refractivity contribution in [3.8, 4) is 22.3 Å². The number of aromatic nitrogens is 2. The predicted octanol–water partition coefficient (Wildman–Crippen LogP) is 6.64. The van der Waals surface area contributed by atoms with Crippen LogP contribution in [-0.4, -0.2) is 18.0 Å². The van der Waals surface area contributed by atoms with Crippen LogP contribution in [0.1, 0.15) is 30.0 Å². The van der Waals surface area contributed by atoms with Gasteiger partial charge >= 0.3 is 0 Å². The largest absolute Gasteiger partial charge is 0.264 e. The van der Waals surface area contributed by atoms with Gasteiger partial charge in [0.15, 0.2) is 8.07 Å². The molecule has 208 valence electrons. The van der Waals surface area contributed by atoms with E-state index in [4.69, 9.17) is 0 Å². The fraction of sp³-hybridized carbons (Fsp3) is 0.0732. The van der Waals surface area contributed by atoms with Crippen molar-refractivity contribution in [2.24, 2.45) is 0 Å². The van der Waals surface area contributed by atoms with E-state index in [0.717, 1.165) is 12.0 Å². The average Bonchev–Trinajstić information content (AvgIpc) is 3.56. The van der Waals surface area contributed by atoms with E-state index in [9.17, 15) is 0 Å². The Balaban J connectivity index is 1.26. The lowest BCUT2D eigenvalue weighted by Gasteiger charge is -2.33. The smallest absolute Gasteiger partial charge is 0.182 e. The lowest BCUT2D eigenvalue weighted by atomic mass is 9.71. The molecule has 1 aliphatic carbocycles. The Labute approximate surface area is 259 Å². The van der Waals surface area contributed by atoms with E-state index in [1.165, 1.54) is 65.3 Å². The Morgan fingerprint density at radius 3 is 1.77 bits per heavy atom. The van der Waals surface area contributed by atoms with Gasteiger partial charge in [-0.05, 0) is 95.5 Å². The molecule has 1 unspecified atom stereocenters. The fourth-order valence-corrected chi connectivity index (χ4v) is 13.7. The summed E-state index contributed by atoms with van der Waals surface area (Å²) in [5.74, 6) is 0. The van der Waals surface area contributed by atoms with Crippen LogP contribution in [0.5, 0.6) is 0 Å². The molecule has 0 fully saturated rings. The molecule has 4 aromatic carbocycles. The molecule has 0 saturated heterocycles. The first-order valence-corrected chi connectivity index (χ1v) is 17.4. The molecule has 9 rings (SSSR count). The van der Waals surface area contributed by atoms with Gasteiger partial charge in [-0.15, -0.1) is 0 Å². The number of nitrogens with zero attached hydrogens (tertiary/aromatic N) is 2. The van der Waals surface area contributed by atoms with Crippen LogP contribution in [0.15, 0.2) is 152 Å². The van der Waals surface area contributed by atoms with Gasteiger partial charge in [0.1, 0.15) is 0 Å². The first-order chi connectivity index (χ1) is 21.7. The third-order valence-corrected chi connectivity index (χ3v) is 15.0. The van der Waals surface area contributed by atoms with Crippen molar-refractivity contribution in [1.29, 1.82) is 0 Å². The zero-order valence-corrected chi connectivity index (χ0v) is 25.5. The van der Waals surface area contributed by atoms with E-state index < -0.39 is 8.07 Å². The normalized spacial score (nSPS) is 18.6. The van der Waals surface area contributed by atoms with E-state index in [-0.39, 0.29) is 5.41 Å². The maximum atomic E-state index is 4.49. The van der Waals surface area contributed by atoms with Crippen molar-refractivity contribution in [3.05, 3.63) is 169 Å². The third kappa shape index (κ3) is 3.47. The summed E-state index contributed by atoms with van der Waals surface area (Å²) in [7, 11) is -2.42.